The van der Waals surface area contributed by atoms with Gasteiger partial charge in [-0.15, -0.1) is 0 Å². The van der Waals surface area contributed by atoms with Crippen molar-refractivity contribution in [3.05, 3.63) is 59.7 Å². The van der Waals surface area contributed by atoms with Crippen LogP contribution in [0.4, 0.5) is 0 Å². The first-order chi connectivity index (χ1) is 11.2. The highest BCUT2D eigenvalue weighted by atomic mass is 16.3. The van der Waals surface area contributed by atoms with E-state index in [-0.39, 0.29) is 12.3 Å². The minimum Gasteiger partial charge on any atom is -0.467 e. The van der Waals surface area contributed by atoms with Gasteiger partial charge in [-0.25, -0.2) is 0 Å². The lowest BCUT2D eigenvalue weighted by Gasteiger charge is -2.19. The quantitative estimate of drug-likeness (QED) is 0.717. The van der Waals surface area contributed by atoms with Gasteiger partial charge in [0.05, 0.1) is 25.3 Å². The third-order valence-corrected chi connectivity index (χ3v) is 3.75. The Morgan fingerprint density at radius 2 is 2.09 bits per heavy atom. The van der Waals surface area contributed by atoms with Crippen LogP contribution in [0.25, 0.3) is 11.0 Å². The van der Waals surface area contributed by atoms with E-state index >= 15 is 0 Å². The average Bonchev–Trinajstić information content (AvgIpc) is 3.19. The summed E-state index contributed by atoms with van der Waals surface area (Å²) in [6.07, 6.45) is 1.82. The first-order valence-electron chi connectivity index (χ1n) is 7.37. The number of nitrogens with zero attached hydrogens (tertiary/aromatic N) is 2. The Bertz CT molecular complexity index is 856. The van der Waals surface area contributed by atoms with Crippen LogP contribution in [-0.2, 0) is 6.54 Å². The van der Waals surface area contributed by atoms with Gasteiger partial charge in [0.25, 0.3) is 5.91 Å². The van der Waals surface area contributed by atoms with Crippen molar-refractivity contribution in [2.45, 2.75) is 19.9 Å². The zero-order chi connectivity index (χ0) is 16.2. The first kappa shape index (κ1) is 14.9. The fourth-order valence-corrected chi connectivity index (χ4v) is 2.55. The highest BCUT2D eigenvalue weighted by molar-refractivity contribution is 5.98. The minimum absolute atomic E-state index is 0.231. The Labute approximate surface area is 133 Å². The van der Waals surface area contributed by atoms with Crippen LogP contribution in [0.3, 0.4) is 0 Å². The van der Waals surface area contributed by atoms with Crippen molar-refractivity contribution < 1.29 is 13.6 Å². The van der Waals surface area contributed by atoms with Gasteiger partial charge in [-0.1, -0.05) is 18.2 Å². The second-order valence-electron chi connectivity index (χ2n) is 5.27. The molecule has 0 fully saturated rings. The summed E-state index contributed by atoms with van der Waals surface area (Å²) in [5.74, 6) is 0.756. The Morgan fingerprint density at radius 1 is 1.26 bits per heavy atom. The van der Waals surface area contributed by atoms with Crippen LogP contribution < -0.4 is 0 Å². The van der Waals surface area contributed by atoms with Gasteiger partial charge in [-0.05, 0) is 25.1 Å². The molecule has 0 saturated heterocycles. The summed E-state index contributed by atoms with van der Waals surface area (Å²) in [6.45, 7) is 2.50. The fourth-order valence-electron chi connectivity index (χ4n) is 2.55. The Morgan fingerprint density at radius 3 is 2.78 bits per heavy atom. The van der Waals surface area contributed by atoms with Crippen LogP contribution in [0.5, 0.6) is 0 Å². The lowest BCUT2D eigenvalue weighted by molar-refractivity contribution is 0.0704. The van der Waals surface area contributed by atoms with E-state index in [1.165, 1.54) is 0 Å². The number of hydrogen-bond donors (Lipinski definition) is 0. The standard InChI is InChI=1S/C18H16N2O3/c1-13-15-7-2-3-8-16(15)23-17(13)18(21)20(10-5-9-19)12-14-6-4-11-22-14/h2-4,6-8,11H,5,10,12H2,1H3. The first-order valence-corrected chi connectivity index (χ1v) is 7.37. The molecule has 0 radical (unpaired) electrons. The number of hydrogen-bond acceptors (Lipinski definition) is 4. The van der Waals surface area contributed by atoms with Crippen molar-refractivity contribution >= 4 is 16.9 Å². The molecule has 0 unspecified atom stereocenters. The summed E-state index contributed by atoms with van der Waals surface area (Å²) in [4.78, 5) is 14.4. The summed E-state index contributed by atoms with van der Waals surface area (Å²) in [6, 6.07) is 13.2. The van der Waals surface area contributed by atoms with Gasteiger partial charge >= 0.3 is 0 Å². The molecule has 0 atom stereocenters. The molecule has 23 heavy (non-hydrogen) atoms. The topological polar surface area (TPSA) is 70.4 Å². The van der Waals surface area contributed by atoms with E-state index < -0.39 is 0 Å². The van der Waals surface area contributed by atoms with E-state index in [0.717, 1.165) is 10.9 Å². The number of carbonyl (C=O) groups is 1. The summed E-state index contributed by atoms with van der Waals surface area (Å²) in [5.41, 5.74) is 1.50. The van der Waals surface area contributed by atoms with Crippen LogP contribution in [0.15, 0.2) is 51.5 Å². The van der Waals surface area contributed by atoms with Crippen molar-refractivity contribution in [3.8, 4) is 6.07 Å². The van der Waals surface area contributed by atoms with Gasteiger partial charge in [0, 0.05) is 17.5 Å². The largest absolute Gasteiger partial charge is 0.467 e. The Kier molecular flexibility index (Phi) is 4.15. The molecule has 1 aromatic carbocycles. The zero-order valence-corrected chi connectivity index (χ0v) is 12.8. The molecule has 3 aromatic rings. The third-order valence-electron chi connectivity index (χ3n) is 3.75. The Hall–Kier alpha value is -3.00. The number of carbonyl (C=O) groups excluding carboxylic acids is 1. The lowest BCUT2D eigenvalue weighted by Crippen LogP contribution is -2.31. The van der Waals surface area contributed by atoms with Gasteiger partial charge in [0.1, 0.15) is 11.3 Å². The fraction of sp³-hybridized carbons (Fsp3) is 0.222. The maximum atomic E-state index is 12.8. The molecule has 0 N–H and O–H groups in total. The number of para-hydroxylation sites is 1. The van der Waals surface area contributed by atoms with E-state index in [2.05, 4.69) is 6.07 Å². The highest BCUT2D eigenvalue weighted by Crippen LogP contribution is 2.26. The van der Waals surface area contributed by atoms with Crippen molar-refractivity contribution in [3.63, 3.8) is 0 Å². The van der Waals surface area contributed by atoms with Gasteiger partial charge in [0.15, 0.2) is 5.76 Å². The molecule has 5 heteroatoms. The molecule has 1 amide bonds. The lowest BCUT2D eigenvalue weighted by atomic mass is 10.1. The predicted molar refractivity (Wildman–Crippen MR) is 84.6 cm³/mol. The van der Waals surface area contributed by atoms with E-state index in [9.17, 15) is 4.79 Å². The summed E-state index contributed by atoms with van der Waals surface area (Å²) in [5, 5.41) is 9.75. The van der Waals surface area contributed by atoms with Gasteiger partial charge < -0.3 is 13.7 Å². The molecule has 0 aliphatic rings. The molecule has 116 valence electrons. The van der Waals surface area contributed by atoms with Crippen molar-refractivity contribution in [1.82, 2.24) is 4.90 Å². The molecular formula is C18H16N2O3. The molecule has 0 aliphatic carbocycles. The molecular weight excluding hydrogens is 292 g/mol. The SMILES string of the molecule is Cc1c(C(=O)N(CCC#N)Cc2ccco2)oc2ccccc12. The molecule has 0 bridgehead atoms. The monoisotopic (exact) mass is 308 g/mol. The number of rotatable bonds is 5. The number of aryl methyl sites for hydroxylation is 1. The van der Waals surface area contributed by atoms with E-state index in [4.69, 9.17) is 14.1 Å². The van der Waals surface area contributed by atoms with E-state index in [0.29, 0.717) is 30.2 Å². The second kappa shape index (κ2) is 6.41. The van der Waals surface area contributed by atoms with Gasteiger partial charge in [-0.2, -0.15) is 5.26 Å². The number of amides is 1. The highest BCUT2D eigenvalue weighted by Gasteiger charge is 2.23. The van der Waals surface area contributed by atoms with Crippen molar-refractivity contribution in [1.29, 1.82) is 5.26 Å². The predicted octanol–water partition coefficient (Wildman–Crippen LogP) is 3.89. The van der Waals surface area contributed by atoms with E-state index in [1.54, 1.807) is 23.3 Å². The average molecular weight is 308 g/mol. The van der Waals surface area contributed by atoms with Gasteiger partial charge in [-0.3, -0.25) is 4.79 Å². The molecule has 0 spiro atoms. The molecule has 3 rings (SSSR count). The smallest absolute Gasteiger partial charge is 0.290 e. The third kappa shape index (κ3) is 2.97. The van der Waals surface area contributed by atoms with Gasteiger partial charge in [0.2, 0.25) is 0 Å². The normalized spacial score (nSPS) is 10.6. The minimum atomic E-state index is -0.231. The summed E-state index contributed by atoms with van der Waals surface area (Å²) < 4.78 is 11.0. The maximum Gasteiger partial charge on any atom is 0.290 e. The van der Waals surface area contributed by atoms with Crippen LogP contribution in [0.2, 0.25) is 0 Å². The number of nitriles is 1. The van der Waals surface area contributed by atoms with E-state index in [1.807, 2.05) is 31.2 Å². The van der Waals surface area contributed by atoms with Crippen LogP contribution >= 0.6 is 0 Å². The molecule has 2 aromatic heterocycles. The molecule has 0 saturated carbocycles. The second-order valence-corrected chi connectivity index (χ2v) is 5.27. The zero-order valence-electron chi connectivity index (χ0n) is 12.8. The number of benzene rings is 1. The van der Waals surface area contributed by atoms with Crippen molar-refractivity contribution in [2.24, 2.45) is 0 Å². The maximum absolute atomic E-state index is 12.8. The molecule has 0 aliphatic heterocycles. The summed E-state index contributed by atoms with van der Waals surface area (Å²) in [7, 11) is 0. The van der Waals surface area contributed by atoms with Crippen molar-refractivity contribution in [2.75, 3.05) is 6.54 Å². The molecule has 2 heterocycles. The number of fused-ring (bicyclic) bond motifs is 1. The van der Waals surface area contributed by atoms with Crippen LogP contribution in [0.1, 0.15) is 28.3 Å². The Balaban J connectivity index is 1.92. The van der Waals surface area contributed by atoms with Crippen LogP contribution in [0, 0.1) is 18.3 Å². The molecule has 5 nitrogen and oxygen atoms in total. The number of furan rings is 2. The summed E-state index contributed by atoms with van der Waals surface area (Å²) >= 11 is 0. The van der Waals surface area contributed by atoms with Crippen LogP contribution in [-0.4, -0.2) is 17.4 Å².